The summed E-state index contributed by atoms with van der Waals surface area (Å²) in [5.41, 5.74) is 9.45. The van der Waals surface area contributed by atoms with Crippen molar-refractivity contribution in [3.05, 3.63) is 71.0 Å². The minimum Gasteiger partial charge on any atom is -0.404 e. The van der Waals surface area contributed by atoms with E-state index in [1.807, 2.05) is 30.3 Å². The number of hydrogen-bond donors (Lipinski definition) is 3. The number of nitrogens with one attached hydrogen (secondary N) is 2. The van der Waals surface area contributed by atoms with Crippen LogP contribution in [0.15, 0.2) is 59.2 Å². The van der Waals surface area contributed by atoms with Crippen molar-refractivity contribution in [2.24, 2.45) is 5.73 Å². The number of anilines is 1. The average Bonchev–Trinajstić information content (AvgIpc) is 3.23. The van der Waals surface area contributed by atoms with E-state index in [-0.39, 0.29) is 0 Å². The van der Waals surface area contributed by atoms with E-state index in [1.54, 1.807) is 6.20 Å². The molecule has 1 aromatic carbocycles. The van der Waals surface area contributed by atoms with Crippen LogP contribution in [0.5, 0.6) is 0 Å². The number of hydrogen-bond acceptors (Lipinski definition) is 6. The minimum absolute atomic E-state index is 0.397. The van der Waals surface area contributed by atoms with Crippen molar-refractivity contribution in [3.8, 4) is 0 Å². The summed E-state index contributed by atoms with van der Waals surface area (Å²) < 4.78 is 6.00. The van der Waals surface area contributed by atoms with Crippen LogP contribution in [0, 0.1) is 12.3 Å². The van der Waals surface area contributed by atoms with E-state index in [9.17, 15) is 0 Å². The Balaban J connectivity index is 1.62. The third-order valence-corrected chi connectivity index (χ3v) is 5.98. The van der Waals surface area contributed by atoms with Gasteiger partial charge in [0.15, 0.2) is 0 Å². The van der Waals surface area contributed by atoms with Crippen LogP contribution < -0.4 is 11.1 Å². The van der Waals surface area contributed by atoms with Gasteiger partial charge < -0.3 is 21.2 Å². The molecule has 152 valence electrons. The van der Waals surface area contributed by atoms with Gasteiger partial charge in [-0.3, -0.25) is 0 Å². The number of allylic oxidation sites excluding steroid dienone is 1. The highest BCUT2D eigenvalue weighted by molar-refractivity contribution is 8.03. The van der Waals surface area contributed by atoms with Crippen LogP contribution in [-0.2, 0) is 11.3 Å². The summed E-state index contributed by atoms with van der Waals surface area (Å²) in [6, 6.07) is 10.0. The highest BCUT2D eigenvalue weighted by Gasteiger charge is 2.15. The Hall–Kier alpha value is -2.57. The second-order valence-corrected chi connectivity index (χ2v) is 8.30. The van der Waals surface area contributed by atoms with E-state index in [0.29, 0.717) is 18.3 Å². The molecule has 1 aliphatic rings. The molecule has 0 atom stereocenters. The van der Waals surface area contributed by atoms with Crippen LogP contribution in [-0.4, -0.2) is 17.3 Å². The molecule has 3 rings (SSSR count). The topological polar surface area (TPSA) is 84.0 Å². The van der Waals surface area contributed by atoms with Crippen molar-refractivity contribution in [2.75, 3.05) is 5.32 Å². The molecule has 5 nitrogen and oxygen atoms in total. The van der Waals surface area contributed by atoms with Crippen molar-refractivity contribution < 1.29 is 4.74 Å². The van der Waals surface area contributed by atoms with Gasteiger partial charge in [0.1, 0.15) is 5.82 Å². The molecule has 0 amide bonds. The number of aryl methyl sites for hydroxylation is 1. The summed E-state index contributed by atoms with van der Waals surface area (Å²) >= 11 is 1.54. The molecule has 2 aromatic rings. The van der Waals surface area contributed by atoms with Gasteiger partial charge in [0, 0.05) is 29.1 Å². The molecule has 6 heteroatoms. The van der Waals surface area contributed by atoms with Crippen molar-refractivity contribution in [1.82, 2.24) is 4.98 Å². The summed E-state index contributed by atoms with van der Waals surface area (Å²) in [4.78, 5) is 5.46. The highest BCUT2D eigenvalue weighted by atomic mass is 32.2. The Morgan fingerprint density at radius 2 is 2.14 bits per heavy atom. The van der Waals surface area contributed by atoms with Gasteiger partial charge in [-0.05, 0) is 54.7 Å². The van der Waals surface area contributed by atoms with Crippen LogP contribution in [0.3, 0.4) is 0 Å². The molecule has 0 saturated heterocycles. The van der Waals surface area contributed by atoms with Crippen molar-refractivity contribution in [3.63, 3.8) is 0 Å². The predicted molar refractivity (Wildman–Crippen MR) is 122 cm³/mol. The minimum atomic E-state index is 0.397. The quantitative estimate of drug-likeness (QED) is 0.378. The van der Waals surface area contributed by atoms with Crippen molar-refractivity contribution in [1.29, 1.82) is 5.41 Å². The lowest BCUT2D eigenvalue weighted by Crippen LogP contribution is -2.07. The van der Waals surface area contributed by atoms with Crippen molar-refractivity contribution >= 4 is 29.4 Å². The largest absolute Gasteiger partial charge is 0.404 e. The summed E-state index contributed by atoms with van der Waals surface area (Å²) in [5.74, 6) is 0.755. The van der Waals surface area contributed by atoms with Crippen LogP contribution in [0.25, 0.3) is 5.57 Å². The number of aromatic nitrogens is 1. The number of nitrogens with two attached hydrogens (primary N) is 1. The molecule has 1 heterocycles. The van der Waals surface area contributed by atoms with E-state index >= 15 is 0 Å². The first-order chi connectivity index (χ1) is 14.1. The fourth-order valence-electron chi connectivity index (χ4n) is 3.32. The number of rotatable bonds is 9. The fourth-order valence-corrected chi connectivity index (χ4v) is 4.16. The molecule has 0 aliphatic heterocycles. The molecule has 0 bridgehead atoms. The van der Waals surface area contributed by atoms with Crippen LogP contribution in [0.2, 0.25) is 0 Å². The lowest BCUT2D eigenvalue weighted by atomic mass is 10.1. The van der Waals surface area contributed by atoms with Crippen LogP contribution in [0.4, 0.5) is 5.82 Å². The lowest BCUT2D eigenvalue weighted by Gasteiger charge is -2.14. The zero-order valence-electron chi connectivity index (χ0n) is 16.8. The number of ether oxygens (including phenoxy) is 1. The maximum atomic E-state index is 7.49. The Morgan fingerprint density at radius 1 is 1.34 bits per heavy atom. The molecular formula is C23H28N4OS. The molecule has 4 N–H and O–H groups in total. The standard InChI is InChI=1S/C23H28N4OS/c1-16-7-8-19(20(13-24)14-25)12-22(16)29-17(2)27-23-11-18(9-10-26-23)15-28-21-5-3-4-6-21/h7-14,21,24H,2-6,15,25H2,1H3,(H,26,27)/b20-14+,24-13?. The Labute approximate surface area is 177 Å². The fraction of sp³-hybridized carbons (Fsp3) is 0.304. The number of pyridine rings is 1. The van der Waals surface area contributed by atoms with E-state index < -0.39 is 0 Å². The maximum Gasteiger partial charge on any atom is 0.131 e. The summed E-state index contributed by atoms with van der Waals surface area (Å²) in [6.07, 6.45) is 9.78. The zero-order valence-corrected chi connectivity index (χ0v) is 17.6. The van der Waals surface area contributed by atoms with Gasteiger partial charge in [0.25, 0.3) is 0 Å². The van der Waals surface area contributed by atoms with Crippen molar-refractivity contribution in [2.45, 2.75) is 50.2 Å². The van der Waals surface area contributed by atoms with Gasteiger partial charge in [-0.1, -0.05) is 43.3 Å². The molecule has 0 unspecified atom stereocenters. The normalized spacial score (nSPS) is 14.7. The van der Waals surface area contributed by atoms with Gasteiger partial charge >= 0.3 is 0 Å². The van der Waals surface area contributed by atoms with E-state index in [0.717, 1.165) is 32.4 Å². The van der Waals surface area contributed by atoms with E-state index in [2.05, 4.69) is 23.8 Å². The predicted octanol–water partition coefficient (Wildman–Crippen LogP) is 5.47. The van der Waals surface area contributed by atoms with Gasteiger partial charge in [0.05, 0.1) is 17.7 Å². The number of nitrogens with zero attached hydrogens (tertiary/aromatic N) is 1. The average molecular weight is 409 g/mol. The highest BCUT2D eigenvalue weighted by Crippen LogP contribution is 2.31. The van der Waals surface area contributed by atoms with Gasteiger partial charge in [-0.2, -0.15) is 0 Å². The van der Waals surface area contributed by atoms with Crippen LogP contribution >= 0.6 is 11.8 Å². The zero-order chi connectivity index (χ0) is 20.6. The van der Waals surface area contributed by atoms with Gasteiger partial charge in [0.2, 0.25) is 0 Å². The van der Waals surface area contributed by atoms with Gasteiger partial charge in [-0.15, -0.1) is 0 Å². The Kier molecular flexibility index (Phi) is 7.49. The Bertz CT molecular complexity index is 904. The molecular weight excluding hydrogens is 380 g/mol. The lowest BCUT2D eigenvalue weighted by molar-refractivity contribution is 0.0457. The molecule has 29 heavy (non-hydrogen) atoms. The molecule has 0 radical (unpaired) electrons. The molecule has 0 spiro atoms. The third kappa shape index (κ3) is 5.95. The summed E-state index contributed by atoms with van der Waals surface area (Å²) in [5, 5.41) is 11.5. The molecule has 1 fully saturated rings. The monoisotopic (exact) mass is 408 g/mol. The summed E-state index contributed by atoms with van der Waals surface area (Å²) in [6.45, 7) is 6.80. The first-order valence-electron chi connectivity index (χ1n) is 9.82. The molecule has 1 aliphatic carbocycles. The smallest absolute Gasteiger partial charge is 0.131 e. The summed E-state index contributed by atoms with van der Waals surface area (Å²) in [7, 11) is 0. The maximum absolute atomic E-state index is 7.49. The second-order valence-electron chi connectivity index (χ2n) is 7.16. The molecule has 1 saturated carbocycles. The number of thioether (sulfide) groups is 1. The SMILES string of the molecule is C=C(Nc1cc(COC2CCCC2)ccn1)Sc1cc(/C(C=N)=C/N)ccc1C. The van der Waals surface area contributed by atoms with E-state index in [4.69, 9.17) is 15.9 Å². The molecule has 1 aromatic heterocycles. The Morgan fingerprint density at radius 3 is 2.86 bits per heavy atom. The van der Waals surface area contributed by atoms with Gasteiger partial charge in [-0.25, -0.2) is 4.98 Å². The van der Waals surface area contributed by atoms with E-state index in [1.165, 1.54) is 49.9 Å². The van der Waals surface area contributed by atoms with Crippen LogP contribution in [0.1, 0.15) is 42.4 Å². The number of benzene rings is 1. The first kappa shape index (κ1) is 21.1. The first-order valence-corrected chi connectivity index (χ1v) is 10.6. The second kappa shape index (κ2) is 10.3. The third-order valence-electron chi connectivity index (χ3n) is 4.97.